The molecule has 0 aliphatic heterocycles. The number of alkyl carbamates (subject to hydrolysis) is 2. The van der Waals surface area contributed by atoms with E-state index in [1.165, 1.54) is 26.0 Å². The zero-order valence-electron chi connectivity index (χ0n) is 35.4. The number of esters is 2. The number of methoxy groups -OCH3 is 2. The van der Waals surface area contributed by atoms with Crippen LogP contribution in [0.4, 0.5) is 15.3 Å². The predicted octanol–water partition coefficient (Wildman–Crippen LogP) is 6.73. The van der Waals surface area contributed by atoms with Crippen molar-refractivity contribution in [1.29, 1.82) is 0 Å². The molecule has 0 saturated heterocycles. The molecule has 1 fully saturated rings. The summed E-state index contributed by atoms with van der Waals surface area (Å²) in [6, 6.07) is 12.7. The van der Waals surface area contributed by atoms with Crippen LogP contribution in [0.1, 0.15) is 92.4 Å². The van der Waals surface area contributed by atoms with Crippen molar-refractivity contribution in [2.45, 2.75) is 93.3 Å². The summed E-state index contributed by atoms with van der Waals surface area (Å²) in [5, 5.41) is 8.08. The van der Waals surface area contributed by atoms with Crippen molar-refractivity contribution in [2.75, 3.05) is 45.8 Å². The second kappa shape index (κ2) is 20.7. The maximum absolute atomic E-state index is 14.2. The maximum Gasteiger partial charge on any atom is 0.407 e. The Kier molecular flexibility index (Phi) is 17.4. The van der Waals surface area contributed by atoms with Crippen LogP contribution in [0.5, 0.6) is 11.5 Å². The minimum atomic E-state index is -1.74. The Morgan fingerprint density at radius 3 is 1.37 bits per heavy atom. The summed E-state index contributed by atoms with van der Waals surface area (Å²) in [5.74, 6) is -4.61. The van der Waals surface area contributed by atoms with E-state index >= 15 is 0 Å². The number of anilines is 1. The fourth-order valence-corrected chi connectivity index (χ4v) is 6.75. The van der Waals surface area contributed by atoms with Crippen LogP contribution in [0.15, 0.2) is 48.5 Å². The van der Waals surface area contributed by atoms with Crippen LogP contribution in [-0.2, 0) is 33.3 Å². The average molecular weight is 800 g/mol. The molecule has 3 amide bonds. The van der Waals surface area contributed by atoms with Crippen molar-refractivity contribution in [3.8, 4) is 11.5 Å². The van der Waals surface area contributed by atoms with Crippen molar-refractivity contribution >= 4 is 41.5 Å². The molecule has 15 nitrogen and oxygen atoms in total. The summed E-state index contributed by atoms with van der Waals surface area (Å²) in [6.45, 7) is 18.8. The van der Waals surface area contributed by atoms with Gasteiger partial charge >= 0.3 is 24.1 Å². The fraction of sp³-hybridized carbons (Fsp3) is 0.571. The Hall–Kier alpha value is -5.34. The van der Waals surface area contributed by atoms with E-state index in [1.807, 2.05) is 13.8 Å². The van der Waals surface area contributed by atoms with E-state index in [2.05, 4.69) is 16.0 Å². The van der Waals surface area contributed by atoms with Gasteiger partial charge in [-0.25, -0.2) is 9.59 Å². The Bertz CT molecular complexity index is 1650. The van der Waals surface area contributed by atoms with Crippen LogP contribution >= 0.6 is 0 Å². The molecule has 0 bridgehead atoms. The molecule has 0 spiro atoms. The average Bonchev–Trinajstić information content (AvgIpc) is 3.13. The van der Waals surface area contributed by atoms with Crippen LogP contribution in [0.3, 0.4) is 0 Å². The third-order valence-corrected chi connectivity index (χ3v) is 8.95. The Morgan fingerprint density at radius 1 is 0.614 bits per heavy atom. The topological polar surface area (TPSA) is 194 Å². The zero-order chi connectivity index (χ0) is 43.2. The third kappa shape index (κ3) is 12.8. The van der Waals surface area contributed by atoms with Gasteiger partial charge in [0, 0.05) is 24.3 Å². The van der Waals surface area contributed by atoms with Crippen LogP contribution in [0, 0.1) is 22.7 Å². The molecule has 2 aromatic rings. The molecule has 2 unspecified atom stereocenters. The van der Waals surface area contributed by atoms with Crippen LogP contribution < -0.4 is 25.4 Å². The highest BCUT2D eigenvalue weighted by atomic mass is 16.6. The van der Waals surface area contributed by atoms with Gasteiger partial charge in [-0.3, -0.25) is 19.2 Å². The first-order valence-corrected chi connectivity index (χ1v) is 19.1. The van der Waals surface area contributed by atoms with Gasteiger partial charge in [0.15, 0.2) is 5.78 Å². The fourth-order valence-electron chi connectivity index (χ4n) is 6.75. The number of nitrogens with one attached hydrogen (secondary N) is 3. The van der Waals surface area contributed by atoms with E-state index < -0.39 is 69.7 Å². The maximum atomic E-state index is 14.2. The highest BCUT2D eigenvalue weighted by molar-refractivity contribution is 6.11. The van der Waals surface area contributed by atoms with Crippen LogP contribution in [0.25, 0.3) is 0 Å². The van der Waals surface area contributed by atoms with Crippen molar-refractivity contribution in [1.82, 2.24) is 10.6 Å². The molecule has 1 aliphatic carbocycles. The van der Waals surface area contributed by atoms with Gasteiger partial charge in [0.1, 0.15) is 22.7 Å². The monoisotopic (exact) mass is 799 g/mol. The molecule has 3 N–H and O–H groups in total. The molecular weight excluding hydrogens is 738 g/mol. The van der Waals surface area contributed by atoms with Crippen molar-refractivity contribution in [3.63, 3.8) is 0 Å². The van der Waals surface area contributed by atoms with Gasteiger partial charge in [0.05, 0.1) is 50.1 Å². The molecule has 316 valence electrons. The molecule has 57 heavy (non-hydrogen) atoms. The molecular formula is C42H61N3O12. The summed E-state index contributed by atoms with van der Waals surface area (Å²) < 4.78 is 32.1. The zero-order valence-corrected chi connectivity index (χ0v) is 35.4. The number of rotatable bonds is 16. The lowest BCUT2D eigenvalue weighted by atomic mass is 9.38. The first-order valence-electron chi connectivity index (χ1n) is 19.1. The first-order chi connectivity index (χ1) is 26.7. The van der Waals surface area contributed by atoms with Gasteiger partial charge < -0.3 is 44.4 Å². The minimum absolute atomic E-state index is 0.185. The molecule has 1 aliphatic rings. The molecule has 0 radical (unpaired) electrons. The van der Waals surface area contributed by atoms with Crippen LogP contribution in [0.2, 0.25) is 0 Å². The number of benzene rings is 2. The highest BCUT2D eigenvalue weighted by Crippen LogP contribution is 2.66. The van der Waals surface area contributed by atoms with E-state index in [0.717, 1.165) is 14.2 Å². The first kappa shape index (κ1) is 47.8. The van der Waals surface area contributed by atoms with Gasteiger partial charge in [0.2, 0.25) is 5.91 Å². The Morgan fingerprint density at radius 2 is 1.00 bits per heavy atom. The van der Waals surface area contributed by atoms with E-state index in [0.29, 0.717) is 49.7 Å². The summed E-state index contributed by atoms with van der Waals surface area (Å²) in [6.07, 6.45) is -0.0223. The number of hydrogen-bond acceptors (Lipinski definition) is 12. The molecule has 15 heteroatoms. The van der Waals surface area contributed by atoms with E-state index in [4.69, 9.17) is 28.4 Å². The number of amides is 3. The van der Waals surface area contributed by atoms with E-state index in [9.17, 15) is 28.8 Å². The smallest absolute Gasteiger partial charge is 0.407 e. The number of hydrogen-bond donors (Lipinski definition) is 3. The lowest BCUT2D eigenvalue weighted by Gasteiger charge is -2.60. The van der Waals surface area contributed by atoms with Gasteiger partial charge in [-0.1, -0.05) is 13.8 Å². The van der Waals surface area contributed by atoms with Gasteiger partial charge in [0.25, 0.3) is 0 Å². The number of carbonyl (C=O) groups is 6. The molecule has 2 atom stereocenters. The molecule has 3 rings (SSSR count). The highest BCUT2D eigenvalue weighted by Gasteiger charge is 2.78. The standard InChI is InChI=1S/C40H55N3O12.C2H6/c1-37(2,3)54-35(48)41-21-11-23-52-27-17-13-25(14-18-27)29(44)30-39(7,33(46)50-9)31(40(30,8)34(47)51-10)32(45)43-26-15-19-28(20-16-26)53-24-12-22-42-36(49)55-38(4,5)6;1-2/h13-20,30-31H,11-12,21-24H2,1-10H3,(H,41,48)(H,42,49)(H,43,45);1-2H3. The molecule has 0 heterocycles. The number of ketones is 1. The predicted molar refractivity (Wildman–Crippen MR) is 213 cm³/mol. The lowest BCUT2D eigenvalue weighted by Crippen LogP contribution is -2.73. The quantitative estimate of drug-likeness (QED) is 0.0703. The number of carbonyl (C=O) groups excluding carboxylic acids is 6. The normalized spacial score (nSPS) is 19.9. The van der Waals surface area contributed by atoms with Gasteiger partial charge in [-0.15, -0.1) is 0 Å². The summed E-state index contributed by atoms with van der Waals surface area (Å²) in [5.41, 5.74) is -4.15. The molecule has 1 saturated carbocycles. The Balaban J connectivity index is 0.00000551. The van der Waals surface area contributed by atoms with Crippen molar-refractivity contribution < 1.29 is 57.2 Å². The van der Waals surface area contributed by atoms with Crippen molar-refractivity contribution in [2.24, 2.45) is 22.7 Å². The molecule has 0 aromatic heterocycles. The van der Waals surface area contributed by atoms with Crippen LogP contribution in [-0.4, -0.2) is 87.5 Å². The summed E-state index contributed by atoms with van der Waals surface area (Å²) >= 11 is 0. The second-order valence-electron chi connectivity index (χ2n) is 15.6. The van der Waals surface area contributed by atoms with E-state index in [1.54, 1.807) is 77.9 Å². The van der Waals surface area contributed by atoms with E-state index in [-0.39, 0.29) is 12.2 Å². The lowest BCUT2D eigenvalue weighted by molar-refractivity contribution is -0.212. The van der Waals surface area contributed by atoms with Crippen molar-refractivity contribution in [3.05, 3.63) is 54.1 Å². The third-order valence-electron chi connectivity index (χ3n) is 8.95. The van der Waals surface area contributed by atoms with Gasteiger partial charge in [-0.2, -0.15) is 0 Å². The largest absolute Gasteiger partial charge is 0.494 e. The second-order valence-corrected chi connectivity index (χ2v) is 15.6. The number of ether oxygens (including phenoxy) is 6. The SMILES string of the molecule is CC.COC(=O)C1(C)C(C(=O)Nc2ccc(OCCCNC(=O)OC(C)(C)C)cc2)C(C)(C(=O)OC)C1C(=O)c1ccc(OCCCNC(=O)OC(C)(C)C)cc1. The minimum Gasteiger partial charge on any atom is -0.494 e. The Labute approximate surface area is 336 Å². The van der Waals surface area contributed by atoms with Gasteiger partial charge in [-0.05, 0) is 117 Å². The summed E-state index contributed by atoms with van der Waals surface area (Å²) in [7, 11) is 2.30. The summed E-state index contributed by atoms with van der Waals surface area (Å²) in [4.78, 5) is 78.7. The molecule has 2 aromatic carbocycles. The number of Topliss-reactive ketones (excluding diaryl/α,β-unsaturated/α-hetero) is 1.